The van der Waals surface area contributed by atoms with Gasteiger partial charge < -0.3 is 23.7 Å². The van der Waals surface area contributed by atoms with Crippen LogP contribution >= 0.6 is 0 Å². The van der Waals surface area contributed by atoms with Crippen LogP contribution in [0.2, 0.25) is 0 Å². The molecule has 0 saturated heterocycles. The van der Waals surface area contributed by atoms with Gasteiger partial charge in [0.25, 0.3) is 0 Å². The molecule has 2 aromatic rings. The summed E-state index contributed by atoms with van der Waals surface area (Å²) in [5, 5.41) is 0. The van der Waals surface area contributed by atoms with Crippen LogP contribution in [0.25, 0.3) is 11.1 Å². The smallest absolute Gasteiger partial charge is 0.374 e. The summed E-state index contributed by atoms with van der Waals surface area (Å²) < 4.78 is 26.5. The molecule has 0 radical (unpaired) electrons. The second-order valence-corrected chi connectivity index (χ2v) is 7.66. The van der Waals surface area contributed by atoms with Crippen molar-refractivity contribution in [2.24, 2.45) is 0 Å². The van der Waals surface area contributed by atoms with Gasteiger partial charge in [-0.3, -0.25) is 4.79 Å². The fraction of sp³-hybridized carbons (Fsp3) is 0.259. The number of hydrogen-bond donors (Lipinski definition) is 0. The molecule has 0 bridgehead atoms. The molecule has 9 heteroatoms. The average molecular weight is 497 g/mol. The Morgan fingerprint density at radius 1 is 0.639 bits per heavy atom. The fourth-order valence-electron chi connectivity index (χ4n) is 2.63. The van der Waals surface area contributed by atoms with Crippen molar-refractivity contribution < 1.29 is 42.9 Å². The quantitative estimate of drug-likeness (QED) is 0.134. The van der Waals surface area contributed by atoms with E-state index in [0.717, 1.165) is 18.1 Å². The molecule has 0 atom stereocenters. The number of benzene rings is 2. The summed E-state index contributed by atoms with van der Waals surface area (Å²) in [5.74, 6) is -1.60. The summed E-state index contributed by atoms with van der Waals surface area (Å²) in [6.07, 6.45) is 0. The SMILES string of the molecule is C=C(C)C(=O)OCCOc1ccc(-c2ccc(OC(=O)C(=C)C)cc2)cc1OCCOC(=O)C(C)=O. The topological polar surface area (TPSA) is 114 Å². The maximum Gasteiger partial charge on any atom is 0.374 e. The third kappa shape index (κ3) is 8.75. The van der Waals surface area contributed by atoms with Crippen LogP contribution in [0.15, 0.2) is 66.8 Å². The predicted molar refractivity (Wildman–Crippen MR) is 131 cm³/mol. The molecule has 2 aromatic carbocycles. The average Bonchev–Trinajstić information content (AvgIpc) is 2.84. The molecule has 36 heavy (non-hydrogen) atoms. The van der Waals surface area contributed by atoms with Crippen molar-refractivity contribution in [1.82, 2.24) is 0 Å². The van der Waals surface area contributed by atoms with E-state index in [-0.39, 0.29) is 32.0 Å². The maximum atomic E-state index is 11.7. The molecule has 0 spiro atoms. The summed E-state index contributed by atoms with van der Waals surface area (Å²) in [4.78, 5) is 45.6. The zero-order chi connectivity index (χ0) is 26.7. The van der Waals surface area contributed by atoms with E-state index in [2.05, 4.69) is 13.2 Å². The van der Waals surface area contributed by atoms with E-state index in [1.54, 1.807) is 56.3 Å². The van der Waals surface area contributed by atoms with Crippen molar-refractivity contribution in [3.05, 3.63) is 66.8 Å². The number of hydrogen-bond acceptors (Lipinski definition) is 9. The highest BCUT2D eigenvalue weighted by molar-refractivity contribution is 6.32. The van der Waals surface area contributed by atoms with Crippen molar-refractivity contribution in [2.75, 3.05) is 26.4 Å². The Bertz CT molecular complexity index is 1150. The monoisotopic (exact) mass is 496 g/mol. The molecule has 0 aliphatic heterocycles. The van der Waals surface area contributed by atoms with Gasteiger partial charge >= 0.3 is 17.9 Å². The van der Waals surface area contributed by atoms with E-state index in [9.17, 15) is 19.2 Å². The van der Waals surface area contributed by atoms with Crippen LogP contribution in [0.3, 0.4) is 0 Å². The van der Waals surface area contributed by atoms with Crippen molar-refractivity contribution in [1.29, 1.82) is 0 Å². The molecular formula is C27H28O9. The van der Waals surface area contributed by atoms with E-state index >= 15 is 0 Å². The van der Waals surface area contributed by atoms with Gasteiger partial charge in [0.05, 0.1) is 0 Å². The molecule has 2 rings (SSSR count). The highest BCUT2D eigenvalue weighted by Gasteiger charge is 2.12. The Kier molecular flexibility index (Phi) is 10.4. The number of ether oxygens (including phenoxy) is 5. The summed E-state index contributed by atoms with van der Waals surface area (Å²) in [6, 6.07) is 12.0. The van der Waals surface area contributed by atoms with Gasteiger partial charge in [0.1, 0.15) is 32.2 Å². The third-order valence-corrected chi connectivity index (χ3v) is 4.47. The highest BCUT2D eigenvalue weighted by atomic mass is 16.6. The van der Waals surface area contributed by atoms with Gasteiger partial charge in [0.15, 0.2) is 11.5 Å². The lowest BCUT2D eigenvalue weighted by Gasteiger charge is -2.15. The summed E-state index contributed by atoms with van der Waals surface area (Å²) in [5.41, 5.74) is 2.15. The van der Waals surface area contributed by atoms with E-state index in [1.165, 1.54) is 0 Å². The van der Waals surface area contributed by atoms with Crippen LogP contribution in [-0.4, -0.2) is 50.1 Å². The molecular weight excluding hydrogens is 468 g/mol. The van der Waals surface area contributed by atoms with E-state index in [0.29, 0.717) is 22.8 Å². The molecule has 0 aliphatic rings. The van der Waals surface area contributed by atoms with Gasteiger partial charge in [-0.2, -0.15) is 0 Å². The van der Waals surface area contributed by atoms with Gasteiger partial charge in [0, 0.05) is 18.1 Å². The van der Waals surface area contributed by atoms with E-state index in [1.807, 2.05) is 0 Å². The molecule has 190 valence electrons. The Labute approximate surface area is 209 Å². The van der Waals surface area contributed by atoms with Gasteiger partial charge in [-0.15, -0.1) is 0 Å². The van der Waals surface area contributed by atoms with Gasteiger partial charge in [-0.05, 0) is 49.2 Å². The van der Waals surface area contributed by atoms with Crippen LogP contribution < -0.4 is 14.2 Å². The van der Waals surface area contributed by atoms with Crippen molar-refractivity contribution >= 4 is 23.7 Å². The predicted octanol–water partition coefficient (Wildman–Crippen LogP) is 3.84. The molecule has 9 nitrogen and oxygen atoms in total. The first kappa shape index (κ1) is 27.8. The highest BCUT2D eigenvalue weighted by Crippen LogP contribution is 2.33. The number of esters is 3. The lowest BCUT2D eigenvalue weighted by molar-refractivity contribution is -0.153. The van der Waals surface area contributed by atoms with Crippen LogP contribution in [0, 0.1) is 0 Å². The Balaban J connectivity index is 2.14. The summed E-state index contributed by atoms with van der Waals surface area (Å²) >= 11 is 0. The lowest BCUT2D eigenvalue weighted by atomic mass is 10.0. The molecule has 0 aromatic heterocycles. The second-order valence-electron chi connectivity index (χ2n) is 7.66. The van der Waals surface area contributed by atoms with Gasteiger partial charge in [-0.1, -0.05) is 31.4 Å². The molecule has 0 amide bonds. The van der Waals surface area contributed by atoms with Crippen molar-refractivity contribution in [2.45, 2.75) is 20.8 Å². The lowest BCUT2D eigenvalue weighted by Crippen LogP contribution is -2.18. The normalized spacial score (nSPS) is 10.1. The van der Waals surface area contributed by atoms with Crippen LogP contribution in [-0.2, 0) is 28.7 Å². The van der Waals surface area contributed by atoms with Crippen molar-refractivity contribution in [3.8, 4) is 28.4 Å². The first-order valence-electron chi connectivity index (χ1n) is 11.0. The Hall–Kier alpha value is -4.40. The maximum absolute atomic E-state index is 11.7. The van der Waals surface area contributed by atoms with Crippen LogP contribution in [0.5, 0.6) is 17.2 Å². The minimum Gasteiger partial charge on any atom is -0.486 e. The zero-order valence-corrected chi connectivity index (χ0v) is 20.5. The molecule has 0 fully saturated rings. The largest absolute Gasteiger partial charge is 0.486 e. The minimum atomic E-state index is -0.949. The van der Waals surface area contributed by atoms with Crippen LogP contribution in [0.4, 0.5) is 0 Å². The second kappa shape index (κ2) is 13.5. The number of carbonyl (C=O) groups is 4. The van der Waals surface area contributed by atoms with Gasteiger partial charge in [-0.25, -0.2) is 14.4 Å². The number of ketones is 1. The first-order chi connectivity index (χ1) is 17.1. The standard InChI is InChI=1S/C27H28O9/c1-17(2)25(29)34-14-12-32-23-11-8-21(16-24(23)33-13-15-35-27(31)19(5)28)20-6-9-22(10-7-20)36-26(30)18(3)4/h6-11,16H,1,3,12-15H2,2,4-5H3. The molecule has 0 unspecified atom stereocenters. The number of Topliss-reactive ketones (excluding diaryl/α,β-unsaturated/α-hetero) is 1. The third-order valence-electron chi connectivity index (χ3n) is 4.47. The van der Waals surface area contributed by atoms with E-state index in [4.69, 9.17) is 23.7 Å². The molecule has 0 N–H and O–H groups in total. The first-order valence-corrected chi connectivity index (χ1v) is 11.0. The molecule has 0 saturated carbocycles. The molecule has 0 aliphatic carbocycles. The molecule has 0 heterocycles. The minimum absolute atomic E-state index is 0.00742. The van der Waals surface area contributed by atoms with Crippen LogP contribution in [0.1, 0.15) is 20.8 Å². The van der Waals surface area contributed by atoms with E-state index < -0.39 is 23.7 Å². The Morgan fingerprint density at radius 2 is 1.17 bits per heavy atom. The summed E-state index contributed by atoms with van der Waals surface area (Å²) in [7, 11) is 0. The van der Waals surface area contributed by atoms with Crippen molar-refractivity contribution in [3.63, 3.8) is 0 Å². The summed E-state index contributed by atoms with van der Waals surface area (Å²) in [6.45, 7) is 11.2. The fourth-order valence-corrected chi connectivity index (χ4v) is 2.63. The zero-order valence-electron chi connectivity index (χ0n) is 20.5. The van der Waals surface area contributed by atoms with Gasteiger partial charge in [0.2, 0.25) is 5.78 Å². The number of rotatable bonds is 13. The Morgan fingerprint density at radius 3 is 1.72 bits per heavy atom. The number of carbonyl (C=O) groups excluding carboxylic acids is 4.